The monoisotopic (exact) mass is 307 g/mol. The zero-order chi connectivity index (χ0) is 16.2. The third-order valence-electron chi connectivity index (χ3n) is 3.51. The average Bonchev–Trinajstić information content (AvgIpc) is 3.01. The van der Waals surface area contributed by atoms with Crippen LogP contribution in [0.1, 0.15) is 27.4 Å². The number of aromatic nitrogens is 2. The van der Waals surface area contributed by atoms with E-state index in [2.05, 4.69) is 15.5 Å². The topological polar surface area (TPSA) is 68.0 Å². The number of nitrogens with one attached hydrogen (secondary N) is 1. The van der Waals surface area contributed by atoms with Gasteiger partial charge in [-0.3, -0.25) is 4.79 Å². The number of carbonyl (C=O) groups is 1. The minimum atomic E-state index is -0.110. The Morgan fingerprint density at radius 2 is 1.74 bits per heavy atom. The lowest BCUT2D eigenvalue weighted by Crippen LogP contribution is -2.22. The lowest BCUT2D eigenvalue weighted by atomic mass is 10.1. The van der Waals surface area contributed by atoms with Gasteiger partial charge in [0.25, 0.3) is 5.91 Å². The van der Waals surface area contributed by atoms with Crippen LogP contribution in [0.25, 0.3) is 11.4 Å². The fraction of sp³-hybridized carbons (Fsp3) is 0.167. The van der Waals surface area contributed by atoms with Gasteiger partial charge in [0.2, 0.25) is 11.7 Å². The summed E-state index contributed by atoms with van der Waals surface area (Å²) < 4.78 is 4.95. The third kappa shape index (κ3) is 3.63. The molecule has 0 saturated carbocycles. The number of hydrogen-bond donors (Lipinski definition) is 1. The maximum Gasteiger partial charge on any atom is 0.251 e. The molecule has 3 aromatic rings. The summed E-state index contributed by atoms with van der Waals surface area (Å²) in [6.45, 7) is 4.28. The molecule has 5 nitrogen and oxygen atoms in total. The fourth-order valence-corrected chi connectivity index (χ4v) is 2.18. The first-order valence-electron chi connectivity index (χ1n) is 7.36. The van der Waals surface area contributed by atoms with Gasteiger partial charge in [-0.2, -0.15) is 4.98 Å². The number of amides is 1. The maximum atomic E-state index is 12.2. The Kier molecular flexibility index (Phi) is 4.19. The molecule has 0 aliphatic rings. The summed E-state index contributed by atoms with van der Waals surface area (Å²) in [6.07, 6.45) is 0. The molecule has 1 amide bonds. The molecular weight excluding hydrogens is 290 g/mol. The molecule has 1 N–H and O–H groups in total. The molecule has 0 saturated heterocycles. The fourth-order valence-electron chi connectivity index (χ4n) is 2.18. The summed E-state index contributed by atoms with van der Waals surface area (Å²) >= 11 is 0. The van der Waals surface area contributed by atoms with Crippen LogP contribution in [0, 0.1) is 13.8 Å². The summed E-state index contributed by atoms with van der Waals surface area (Å²) in [6, 6.07) is 15.2. The van der Waals surface area contributed by atoms with Crippen molar-refractivity contribution in [2.75, 3.05) is 0 Å². The molecule has 0 radical (unpaired) electrons. The molecule has 5 heteroatoms. The van der Waals surface area contributed by atoms with E-state index in [9.17, 15) is 4.79 Å². The van der Waals surface area contributed by atoms with Crippen LogP contribution in [-0.2, 0) is 6.54 Å². The van der Waals surface area contributed by atoms with E-state index < -0.39 is 0 Å². The van der Waals surface area contributed by atoms with Gasteiger partial charge >= 0.3 is 0 Å². The van der Waals surface area contributed by atoms with Crippen LogP contribution in [-0.4, -0.2) is 16.0 Å². The van der Waals surface area contributed by atoms with Gasteiger partial charge in [0.1, 0.15) is 0 Å². The van der Waals surface area contributed by atoms with Gasteiger partial charge in [-0.25, -0.2) is 0 Å². The van der Waals surface area contributed by atoms with Crippen molar-refractivity contribution in [1.29, 1.82) is 0 Å². The van der Waals surface area contributed by atoms with Gasteiger partial charge in [0.15, 0.2) is 0 Å². The van der Waals surface area contributed by atoms with E-state index in [0.29, 0.717) is 23.8 Å². The van der Waals surface area contributed by atoms with Crippen molar-refractivity contribution in [1.82, 2.24) is 15.5 Å². The van der Waals surface area contributed by atoms with Gasteiger partial charge in [-0.05, 0) is 24.6 Å². The normalized spacial score (nSPS) is 10.5. The molecule has 0 aliphatic carbocycles. The lowest BCUT2D eigenvalue weighted by Gasteiger charge is -2.06. The molecule has 116 valence electrons. The minimum absolute atomic E-state index is 0.110. The first-order chi connectivity index (χ1) is 11.1. The number of benzene rings is 2. The van der Waals surface area contributed by atoms with Crippen LogP contribution in [0.4, 0.5) is 0 Å². The maximum absolute atomic E-state index is 12.2. The number of nitrogens with zero attached hydrogens (tertiary/aromatic N) is 2. The van der Waals surface area contributed by atoms with Crippen LogP contribution in [0.5, 0.6) is 0 Å². The molecule has 0 unspecified atom stereocenters. The van der Waals surface area contributed by atoms with Gasteiger partial charge in [-0.1, -0.05) is 47.1 Å². The van der Waals surface area contributed by atoms with E-state index >= 15 is 0 Å². The Bertz CT molecular complexity index is 805. The summed E-state index contributed by atoms with van der Waals surface area (Å²) in [7, 11) is 0. The number of hydrogen-bond acceptors (Lipinski definition) is 4. The molecule has 2 aromatic carbocycles. The van der Waals surface area contributed by atoms with E-state index in [-0.39, 0.29) is 5.91 Å². The lowest BCUT2D eigenvalue weighted by molar-refractivity contribution is 0.0951. The molecular formula is C18H17N3O2. The van der Waals surface area contributed by atoms with Gasteiger partial charge in [0, 0.05) is 24.6 Å². The SMILES string of the molecule is Cc1ccc(CNC(=O)c2ccc(-c3noc(C)n3)cc2)cc1. The predicted molar refractivity (Wildman–Crippen MR) is 86.8 cm³/mol. The second-order valence-corrected chi connectivity index (χ2v) is 5.38. The first-order valence-corrected chi connectivity index (χ1v) is 7.36. The Hall–Kier alpha value is -2.95. The van der Waals surface area contributed by atoms with Crippen LogP contribution in [0.3, 0.4) is 0 Å². The molecule has 3 rings (SSSR count). The standard InChI is InChI=1S/C18H17N3O2/c1-12-3-5-14(6-4-12)11-19-18(22)16-9-7-15(8-10-16)17-20-13(2)23-21-17/h3-10H,11H2,1-2H3,(H,19,22). The van der Waals surface area contributed by atoms with Gasteiger partial charge < -0.3 is 9.84 Å². The van der Waals surface area contributed by atoms with Crippen molar-refractivity contribution >= 4 is 5.91 Å². The molecule has 0 bridgehead atoms. The van der Waals surface area contributed by atoms with E-state index in [1.807, 2.05) is 43.3 Å². The molecule has 0 spiro atoms. The number of rotatable bonds is 4. The number of aryl methyl sites for hydroxylation is 2. The summed E-state index contributed by atoms with van der Waals surface area (Å²) in [5.74, 6) is 0.926. The Balaban J connectivity index is 1.64. The van der Waals surface area contributed by atoms with E-state index in [1.165, 1.54) is 5.56 Å². The van der Waals surface area contributed by atoms with Crippen molar-refractivity contribution in [3.05, 3.63) is 71.1 Å². The molecule has 0 aliphatic heterocycles. The third-order valence-corrected chi connectivity index (χ3v) is 3.51. The zero-order valence-corrected chi connectivity index (χ0v) is 13.0. The van der Waals surface area contributed by atoms with E-state index in [1.54, 1.807) is 19.1 Å². The van der Waals surface area contributed by atoms with Crippen LogP contribution < -0.4 is 5.32 Å². The van der Waals surface area contributed by atoms with Crippen LogP contribution in [0.15, 0.2) is 53.1 Å². The highest BCUT2D eigenvalue weighted by Gasteiger charge is 2.08. The molecule has 0 fully saturated rings. The Morgan fingerprint density at radius 1 is 1.04 bits per heavy atom. The quantitative estimate of drug-likeness (QED) is 0.803. The largest absolute Gasteiger partial charge is 0.348 e. The molecule has 23 heavy (non-hydrogen) atoms. The highest BCUT2D eigenvalue weighted by Crippen LogP contribution is 2.16. The molecule has 1 heterocycles. The minimum Gasteiger partial charge on any atom is -0.348 e. The highest BCUT2D eigenvalue weighted by molar-refractivity contribution is 5.94. The van der Waals surface area contributed by atoms with Crippen LogP contribution >= 0.6 is 0 Å². The van der Waals surface area contributed by atoms with Crippen molar-refractivity contribution in [2.45, 2.75) is 20.4 Å². The first kappa shape index (κ1) is 15.0. The molecule has 1 aromatic heterocycles. The van der Waals surface area contributed by atoms with Crippen molar-refractivity contribution in [2.24, 2.45) is 0 Å². The van der Waals surface area contributed by atoms with E-state index in [0.717, 1.165) is 11.1 Å². The van der Waals surface area contributed by atoms with Gasteiger partial charge in [-0.15, -0.1) is 0 Å². The highest BCUT2D eigenvalue weighted by atomic mass is 16.5. The summed E-state index contributed by atoms with van der Waals surface area (Å²) in [4.78, 5) is 16.3. The zero-order valence-electron chi connectivity index (χ0n) is 13.0. The van der Waals surface area contributed by atoms with Gasteiger partial charge in [0.05, 0.1) is 0 Å². The Morgan fingerprint density at radius 3 is 2.35 bits per heavy atom. The smallest absolute Gasteiger partial charge is 0.251 e. The van der Waals surface area contributed by atoms with Crippen molar-refractivity contribution < 1.29 is 9.32 Å². The number of carbonyl (C=O) groups excluding carboxylic acids is 1. The van der Waals surface area contributed by atoms with Crippen molar-refractivity contribution in [3.63, 3.8) is 0 Å². The second-order valence-electron chi connectivity index (χ2n) is 5.38. The summed E-state index contributed by atoms with van der Waals surface area (Å²) in [5, 5.41) is 6.77. The summed E-state index contributed by atoms with van der Waals surface area (Å²) in [5.41, 5.74) is 3.69. The van der Waals surface area contributed by atoms with Crippen molar-refractivity contribution in [3.8, 4) is 11.4 Å². The average molecular weight is 307 g/mol. The predicted octanol–water partition coefficient (Wildman–Crippen LogP) is 3.28. The Labute approximate surface area is 134 Å². The molecule has 0 atom stereocenters. The van der Waals surface area contributed by atoms with E-state index in [4.69, 9.17) is 4.52 Å². The van der Waals surface area contributed by atoms with Crippen LogP contribution in [0.2, 0.25) is 0 Å². The second kappa shape index (κ2) is 6.44.